The largest absolute Gasteiger partial charge is 0.460 e. The maximum atomic E-state index is 12.2. The molecule has 0 amide bonds. The smallest absolute Gasteiger partial charge is 0.374 e. The van der Waals surface area contributed by atoms with Crippen LogP contribution < -0.4 is 0 Å². The van der Waals surface area contributed by atoms with Crippen LogP contribution >= 0.6 is 0 Å². The number of nitro groups is 1. The number of nitrogens with zero attached hydrogens (tertiary/aromatic N) is 3. The fraction of sp³-hybridized carbons (Fsp3) is 0.294. The van der Waals surface area contributed by atoms with E-state index in [0.717, 1.165) is 5.39 Å². The van der Waals surface area contributed by atoms with E-state index in [1.807, 2.05) is 12.1 Å². The highest BCUT2D eigenvalue weighted by Gasteiger charge is 2.26. The van der Waals surface area contributed by atoms with Crippen LogP contribution in [-0.2, 0) is 11.3 Å². The standard InChI is InChI=1S/C17H17N3O5/c1-4-24-17(21)16-13(12-7-5-6-8-14(12)25-16)9-19-11(3)15(20(22)23)10(2)18-19/h5-8H,4,9H2,1-3H3. The quantitative estimate of drug-likeness (QED) is 0.400. The summed E-state index contributed by atoms with van der Waals surface area (Å²) in [5.74, 6) is -0.469. The van der Waals surface area contributed by atoms with Crippen LogP contribution in [0.5, 0.6) is 0 Å². The summed E-state index contributed by atoms with van der Waals surface area (Å²) in [7, 11) is 0. The van der Waals surface area contributed by atoms with Crippen molar-refractivity contribution in [3.05, 3.63) is 57.1 Å². The van der Waals surface area contributed by atoms with Gasteiger partial charge in [-0.05, 0) is 26.8 Å². The van der Waals surface area contributed by atoms with E-state index in [1.54, 1.807) is 32.9 Å². The number of hydrogen-bond donors (Lipinski definition) is 0. The number of aromatic nitrogens is 2. The predicted molar refractivity (Wildman–Crippen MR) is 89.6 cm³/mol. The van der Waals surface area contributed by atoms with Crippen LogP contribution in [0, 0.1) is 24.0 Å². The third kappa shape index (κ3) is 2.86. The molecule has 2 heterocycles. The van der Waals surface area contributed by atoms with Gasteiger partial charge in [0, 0.05) is 10.9 Å². The highest BCUT2D eigenvalue weighted by atomic mass is 16.6. The van der Waals surface area contributed by atoms with E-state index in [1.165, 1.54) is 4.68 Å². The predicted octanol–water partition coefficient (Wildman–Crippen LogP) is 3.38. The second-order valence-electron chi connectivity index (χ2n) is 5.56. The van der Waals surface area contributed by atoms with Gasteiger partial charge in [0.05, 0.1) is 18.1 Å². The van der Waals surface area contributed by atoms with Crippen molar-refractivity contribution in [3.8, 4) is 0 Å². The van der Waals surface area contributed by atoms with E-state index in [9.17, 15) is 14.9 Å². The molecule has 0 saturated heterocycles. The fourth-order valence-electron chi connectivity index (χ4n) is 2.87. The topological polar surface area (TPSA) is 100 Å². The van der Waals surface area contributed by atoms with Gasteiger partial charge in [-0.25, -0.2) is 4.79 Å². The lowest BCUT2D eigenvalue weighted by molar-refractivity contribution is -0.386. The number of rotatable bonds is 5. The van der Waals surface area contributed by atoms with Crippen LogP contribution in [0.4, 0.5) is 5.69 Å². The molecule has 25 heavy (non-hydrogen) atoms. The van der Waals surface area contributed by atoms with Crippen LogP contribution in [0.25, 0.3) is 11.0 Å². The normalized spacial score (nSPS) is 11.0. The number of ether oxygens (including phenoxy) is 1. The van der Waals surface area contributed by atoms with Gasteiger partial charge in [-0.2, -0.15) is 5.10 Å². The third-order valence-electron chi connectivity index (χ3n) is 3.99. The summed E-state index contributed by atoms with van der Waals surface area (Å²) in [6.45, 7) is 5.32. The Morgan fingerprint density at radius 1 is 1.36 bits per heavy atom. The summed E-state index contributed by atoms with van der Waals surface area (Å²) in [4.78, 5) is 23.0. The molecule has 0 unspecified atom stereocenters. The number of benzene rings is 1. The second kappa shape index (κ2) is 6.39. The third-order valence-corrected chi connectivity index (χ3v) is 3.99. The zero-order valence-electron chi connectivity index (χ0n) is 14.1. The van der Waals surface area contributed by atoms with E-state index >= 15 is 0 Å². The van der Waals surface area contributed by atoms with Gasteiger partial charge in [0.25, 0.3) is 0 Å². The van der Waals surface area contributed by atoms with Gasteiger partial charge in [-0.1, -0.05) is 18.2 Å². The number of aryl methyl sites for hydroxylation is 1. The van der Waals surface area contributed by atoms with Crippen LogP contribution in [0.1, 0.15) is 34.4 Å². The average Bonchev–Trinajstić information content (AvgIpc) is 3.06. The maximum Gasteiger partial charge on any atom is 0.374 e. The lowest BCUT2D eigenvalue weighted by Gasteiger charge is -2.05. The van der Waals surface area contributed by atoms with E-state index < -0.39 is 10.9 Å². The number of fused-ring (bicyclic) bond motifs is 1. The summed E-state index contributed by atoms with van der Waals surface area (Å²) < 4.78 is 12.2. The number of hydrogen-bond acceptors (Lipinski definition) is 6. The molecule has 130 valence electrons. The van der Waals surface area contributed by atoms with Crippen LogP contribution in [0.15, 0.2) is 28.7 Å². The molecular formula is C17H17N3O5. The first-order valence-corrected chi connectivity index (χ1v) is 7.80. The minimum absolute atomic E-state index is 0.0227. The lowest BCUT2D eigenvalue weighted by Crippen LogP contribution is -2.10. The van der Waals surface area contributed by atoms with Crippen molar-refractivity contribution in [1.82, 2.24) is 9.78 Å². The molecule has 3 rings (SSSR count). The van der Waals surface area contributed by atoms with Crippen LogP contribution in [-0.4, -0.2) is 27.3 Å². The zero-order chi connectivity index (χ0) is 18.1. The van der Waals surface area contributed by atoms with Crippen molar-refractivity contribution in [1.29, 1.82) is 0 Å². The molecule has 0 bridgehead atoms. The SMILES string of the molecule is CCOC(=O)c1oc2ccccc2c1Cn1nc(C)c([N+](=O)[O-])c1C. The summed E-state index contributed by atoms with van der Waals surface area (Å²) in [6.07, 6.45) is 0. The summed E-state index contributed by atoms with van der Waals surface area (Å²) in [5.41, 5.74) is 1.87. The molecule has 0 aliphatic rings. The fourth-order valence-corrected chi connectivity index (χ4v) is 2.87. The van der Waals surface area contributed by atoms with Crippen LogP contribution in [0.3, 0.4) is 0 Å². The van der Waals surface area contributed by atoms with Crippen molar-refractivity contribution < 1.29 is 18.9 Å². The highest BCUT2D eigenvalue weighted by Crippen LogP contribution is 2.29. The van der Waals surface area contributed by atoms with Gasteiger partial charge >= 0.3 is 11.7 Å². The Morgan fingerprint density at radius 2 is 2.08 bits per heavy atom. The molecule has 0 radical (unpaired) electrons. The molecule has 0 spiro atoms. The molecular weight excluding hydrogens is 326 g/mol. The number of carbonyl (C=O) groups is 1. The van der Waals surface area contributed by atoms with Gasteiger partial charge in [0.15, 0.2) is 0 Å². The molecule has 8 heteroatoms. The van der Waals surface area contributed by atoms with E-state index in [4.69, 9.17) is 9.15 Å². The molecule has 0 fully saturated rings. The van der Waals surface area contributed by atoms with E-state index in [0.29, 0.717) is 22.5 Å². The number of para-hydroxylation sites is 1. The Labute approximate surface area is 143 Å². The number of carbonyl (C=O) groups excluding carboxylic acids is 1. The highest BCUT2D eigenvalue weighted by molar-refractivity contribution is 5.96. The molecule has 0 aliphatic heterocycles. The monoisotopic (exact) mass is 343 g/mol. The summed E-state index contributed by atoms with van der Waals surface area (Å²) >= 11 is 0. The Bertz CT molecular complexity index is 970. The Kier molecular flexibility index (Phi) is 4.26. The van der Waals surface area contributed by atoms with Gasteiger partial charge in [-0.15, -0.1) is 0 Å². The van der Waals surface area contributed by atoms with Crippen molar-refractivity contribution in [2.75, 3.05) is 6.61 Å². The van der Waals surface area contributed by atoms with Crippen molar-refractivity contribution in [2.24, 2.45) is 0 Å². The first-order valence-electron chi connectivity index (χ1n) is 7.80. The van der Waals surface area contributed by atoms with Crippen molar-refractivity contribution >= 4 is 22.6 Å². The van der Waals surface area contributed by atoms with Gasteiger partial charge < -0.3 is 9.15 Å². The second-order valence-corrected chi connectivity index (χ2v) is 5.56. The minimum atomic E-state index is -0.565. The molecule has 0 atom stereocenters. The molecule has 0 N–H and O–H groups in total. The van der Waals surface area contributed by atoms with Crippen molar-refractivity contribution in [2.45, 2.75) is 27.3 Å². The summed E-state index contributed by atoms with van der Waals surface area (Å²) in [6, 6.07) is 7.22. The zero-order valence-corrected chi connectivity index (χ0v) is 14.1. The number of esters is 1. The van der Waals surface area contributed by atoms with E-state index in [-0.39, 0.29) is 24.6 Å². The summed E-state index contributed by atoms with van der Waals surface area (Å²) in [5, 5.41) is 16.2. The van der Waals surface area contributed by atoms with Gasteiger partial charge in [0.1, 0.15) is 17.0 Å². The Morgan fingerprint density at radius 3 is 2.72 bits per heavy atom. The number of furan rings is 1. The Balaban J connectivity index is 2.12. The van der Waals surface area contributed by atoms with Gasteiger partial charge in [0.2, 0.25) is 5.76 Å². The first-order chi connectivity index (χ1) is 11.9. The van der Waals surface area contributed by atoms with Crippen molar-refractivity contribution in [3.63, 3.8) is 0 Å². The molecule has 2 aromatic heterocycles. The Hall–Kier alpha value is -3.16. The first kappa shape index (κ1) is 16.7. The molecule has 0 saturated carbocycles. The molecule has 1 aromatic carbocycles. The van der Waals surface area contributed by atoms with E-state index in [2.05, 4.69) is 5.10 Å². The molecule has 0 aliphatic carbocycles. The molecule has 3 aromatic rings. The van der Waals surface area contributed by atoms with Gasteiger partial charge in [-0.3, -0.25) is 14.8 Å². The molecule has 8 nitrogen and oxygen atoms in total. The lowest BCUT2D eigenvalue weighted by atomic mass is 10.1. The minimum Gasteiger partial charge on any atom is -0.460 e. The maximum absolute atomic E-state index is 12.2. The average molecular weight is 343 g/mol. The van der Waals surface area contributed by atoms with Crippen LogP contribution in [0.2, 0.25) is 0 Å².